The van der Waals surface area contributed by atoms with Crippen LogP contribution in [0, 0.1) is 5.92 Å². The number of Topliss-reactive ketones (excluding diaryl/α,β-unsaturated/α-hetero) is 1. The number of hydrogen-bond donors (Lipinski definition) is 1. The molecule has 0 aliphatic heterocycles. The van der Waals surface area contributed by atoms with Gasteiger partial charge in [0, 0.05) is 11.5 Å². The molecule has 98 valence electrons. The molecule has 1 aromatic rings. The first kappa shape index (κ1) is 13.1. The van der Waals surface area contributed by atoms with Crippen molar-refractivity contribution in [1.82, 2.24) is 0 Å². The molecular weight excluding hydrogens is 226 g/mol. The van der Waals surface area contributed by atoms with Crippen molar-refractivity contribution in [3.05, 3.63) is 29.8 Å². The fourth-order valence-electron chi connectivity index (χ4n) is 1.94. The second-order valence-electron chi connectivity index (χ2n) is 5.04. The van der Waals surface area contributed by atoms with Crippen LogP contribution in [0.25, 0.3) is 0 Å². The average Bonchev–Trinajstić information content (AvgIpc) is 3.19. The maximum atomic E-state index is 12.2. The Hall–Kier alpha value is -1.35. The maximum absolute atomic E-state index is 12.2. The van der Waals surface area contributed by atoms with Crippen molar-refractivity contribution in [2.75, 3.05) is 6.54 Å². The van der Waals surface area contributed by atoms with Crippen molar-refractivity contribution in [1.29, 1.82) is 0 Å². The molecule has 3 heteroatoms. The van der Waals surface area contributed by atoms with E-state index in [1.165, 1.54) is 0 Å². The molecule has 1 aromatic carbocycles. The zero-order valence-electron chi connectivity index (χ0n) is 10.9. The van der Waals surface area contributed by atoms with Gasteiger partial charge in [0.25, 0.3) is 0 Å². The minimum Gasteiger partial charge on any atom is -0.490 e. The second kappa shape index (κ2) is 6.01. The normalized spacial score (nSPS) is 16.3. The molecule has 1 aliphatic carbocycles. The van der Waals surface area contributed by atoms with Crippen molar-refractivity contribution in [3.63, 3.8) is 0 Å². The molecule has 18 heavy (non-hydrogen) atoms. The third kappa shape index (κ3) is 3.57. The predicted molar refractivity (Wildman–Crippen MR) is 71.9 cm³/mol. The summed E-state index contributed by atoms with van der Waals surface area (Å²) in [4.78, 5) is 12.2. The van der Waals surface area contributed by atoms with Gasteiger partial charge in [0.2, 0.25) is 0 Å². The Morgan fingerprint density at radius 1 is 1.50 bits per heavy atom. The van der Waals surface area contributed by atoms with Gasteiger partial charge in [-0.3, -0.25) is 4.79 Å². The lowest BCUT2D eigenvalue weighted by Crippen LogP contribution is -2.13. The Bertz CT molecular complexity index is 413. The van der Waals surface area contributed by atoms with Crippen LogP contribution in [0.3, 0.4) is 0 Å². The number of rotatable bonds is 7. The van der Waals surface area contributed by atoms with Crippen molar-refractivity contribution in [2.45, 2.75) is 38.7 Å². The fraction of sp³-hybridized carbons (Fsp3) is 0.533. The van der Waals surface area contributed by atoms with E-state index in [9.17, 15) is 4.79 Å². The molecule has 0 heterocycles. The second-order valence-corrected chi connectivity index (χ2v) is 5.04. The zero-order chi connectivity index (χ0) is 13.0. The summed E-state index contributed by atoms with van der Waals surface area (Å²) < 4.78 is 5.70. The smallest absolute Gasteiger partial charge is 0.165 e. The van der Waals surface area contributed by atoms with Crippen LogP contribution in [0.1, 0.15) is 43.0 Å². The van der Waals surface area contributed by atoms with Gasteiger partial charge in [0.1, 0.15) is 5.75 Å². The number of carbonyl (C=O) groups is 1. The van der Waals surface area contributed by atoms with Crippen molar-refractivity contribution < 1.29 is 9.53 Å². The van der Waals surface area contributed by atoms with Crippen molar-refractivity contribution >= 4 is 5.78 Å². The van der Waals surface area contributed by atoms with Gasteiger partial charge in [-0.1, -0.05) is 19.1 Å². The maximum Gasteiger partial charge on any atom is 0.165 e. The highest BCUT2D eigenvalue weighted by Crippen LogP contribution is 2.27. The van der Waals surface area contributed by atoms with E-state index in [4.69, 9.17) is 10.5 Å². The lowest BCUT2D eigenvalue weighted by molar-refractivity contribution is 0.0922. The van der Waals surface area contributed by atoms with Gasteiger partial charge in [0.05, 0.1) is 6.10 Å². The molecule has 0 aromatic heterocycles. The summed E-state index contributed by atoms with van der Waals surface area (Å²) in [5.74, 6) is 1.03. The molecule has 2 N–H and O–H groups in total. The monoisotopic (exact) mass is 247 g/mol. The van der Waals surface area contributed by atoms with E-state index in [1.54, 1.807) is 0 Å². The van der Waals surface area contributed by atoms with E-state index in [1.807, 2.05) is 31.2 Å². The Morgan fingerprint density at radius 2 is 2.28 bits per heavy atom. The van der Waals surface area contributed by atoms with Gasteiger partial charge in [-0.05, 0) is 44.4 Å². The molecule has 0 amide bonds. The molecule has 1 aliphatic rings. The average molecular weight is 247 g/mol. The molecule has 0 saturated heterocycles. The molecule has 2 rings (SSSR count). The number of ether oxygens (including phenoxy) is 1. The molecule has 1 fully saturated rings. The zero-order valence-corrected chi connectivity index (χ0v) is 10.9. The number of carbonyl (C=O) groups excluding carboxylic acids is 1. The SMILES string of the molecule is CC(CCCN)C(=O)c1cccc(OC2CC2)c1. The molecule has 3 nitrogen and oxygen atoms in total. The first-order valence-corrected chi connectivity index (χ1v) is 6.71. The summed E-state index contributed by atoms with van der Waals surface area (Å²) in [6, 6.07) is 7.53. The van der Waals surface area contributed by atoms with Gasteiger partial charge in [0.15, 0.2) is 5.78 Å². The fourth-order valence-corrected chi connectivity index (χ4v) is 1.94. The van der Waals surface area contributed by atoms with Crippen molar-refractivity contribution in [3.8, 4) is 5.75 Å². The van der Waals surface area contributed by atoms with Crippen LogP contribution in [0.2, 0.25) is 0 Å². The van der Waals surface area contributed by atoms with Crippen LogP contribution < -0.4 is 10.5 Å². The Kier molecular flexibility index (Phi) is 4.37. The van der Waals surface area contributed by atoms with E-state index >= 15 is 0 Å². The predicted octanol–water partition coefficient (Wildman–Crippen LogP) is 2.79. The largest absolute Gasteiger partial charge is 0.490 e. The number of hydrogen-bond acceptors (Lipinski definition) is 3. The minimum absolute atomic E-state index is 0.0322. The molecule has 0 bridgehead atoms. The van der Waals surface area contributed by atoms with E-state index in [2.05, 4.69) is 0 Å². The van der Waals surface area contributed by atoms with Crippen LogP contribution in [-0.2, 0) is 0 Å². The third-order valence-corrected chi connectivity index (χ3v) is 3.23. The van der Waals surface area contributed by atoms with Crippen LogP contribution in [0.4, 0.5) is 0 Å². The molecule has 1 unspecified atom stereocenters. The highest BCUT2D eigenvalue weighted by Gasteiger charge is 2.24. The van der Waals surface area contributed by atoms with E-state index in [0.717, 1.165) is 37.0 Å². The van der Waals surface area contributed by atoms with Gasteiger partial charge in [-0.25, -0.2) is 0 Å². The molecule has 0 spiro atoms. The Balaban J connectivity index is 1.99. The Morgan fingerprint density at radius 3 is 2.94 bits per heavy atom. The van der Waals surface area contributed by atoms with Gasteiger partial charge in [-0.2, -0.15) is 0 Å². The topological polar surface area (TPSA) is 52.3 Å². The number of benzene rings is 1. The minimum atomic E-state index is 0.0322. The van der Waals surface area contributed by atoms with Crippen LogP contribution in [0.15, 0.2) is 24.3 Å². The number of nitrogens with two attached hydrogens (primary N) is 1. The van der Waals surface area contributed by atoms with Crippen molar-refractivity contribution in [2.24, 2.45) is 11.7 Å². The molecule has 1 atom stereocenters. The molecule has 0 radical (unpaired) electrons. The van der Waals surface area contributed by atoms with Crippen LogP contribution >= 0.6 is 0 Å². The van der Waals surface area contributed by atoms with Crippen LogP contribution in [0.5, 0.6) is 5.75 Å². The summed E-state index contributed by atoms with van der Waals surface area (Å²) in [5.41, 5.74) is 6.22. The summed E-state index contributed by atoms with van der Waals surface area (Å²) >= 11 is 0. The third-order valence-electron chi connectivity index (χ3n) is 3.23. The lowest BCUT2D eigenvalue weighted by Gasteiger charge is -2.11. The summed E-state index contributed by atoms with van der Waals surface area (Å²) in [6.45, 7) is 2.61. The summed E-state index contributed by atoms with van der Waals surface area (Å²) in [5, 5.41) is 0. The highest BCUT2D eigenvalue weighted by atomic mass is 16.5. The molecular formula is C15H21NO2. The van der Waals surface area contributed by atoms with Gasteiger partial charge >= 0.3 is 0 Å². The van der Waals surface area contributed by atoms with Gasteiger partial charge in [-0.15, -0.1) is 0 Å². The standard InChI is InChI=1S/C15H21NO2/c1-11(4-3-9-16)15(17)12-5-2-6-14(10-12)18-13-7-8-13/h2,5-6,10-11,13H,3-4,7-9,16H2,1H3. The summed E-state index contributed by atoms with van der Waals surface area (Å²) in [6.07, 6.45) is 4.37. The first-order valence-electron chi connectivity index (χ1n) is 6.71. The highest BCUT2D eigenvalue weighted by molar-refractivity contribution is 5.97. The van der Waals surface area contributed by atoms with E-state index in [-0.39, 0.29) is 11.7 Å². The van der Waals surface area contributed by atoms with Gasteiger partial charge < -0.3 is 10.5 Å². The Labute approximate surface area is 108 Å². The first-order chi connectivity index (χ1) is 8.70. The number of ketones is 1. The van der Waals surface area contributed by atoms with E-state index in [0.29, 0.717) is 12.6 Å². The lowest BCUT2D eigenvalue weighted by atomic mass is 9.95. The summed E-state index contributed by atoms with van der Waals surface area (Å²) in [7, 11) is 0. The molecule has 1 saturated carbocycles. The van der Waals surface area contributed by atoms with Crippen LogP contribution in [-0.4, -0.2) is 18.4 Å². The quantitative estimate of drug-likeness (QED) is 0.754. The van der Waals surface area contributed by atoms with E-state index < -0.39 is 0 Å².